The largest absolute Gasteiger partial charge is 0.494 e. The summed E-state index contributed by atoms with van der Waals surface area (Å²) < 4.78 is 5.68. The van der Waals surface area contributed by atoms with E-state index in [4.69, 9.17) is 10.00 Å². The second-order valence-electron chi connectivity index (χ2n) is 5.04. The second-order valence-corrected chi connectivity index (χ2v) is 5.04. The number of benzene rings is 2. The van der Waals surface area contributed by atoms with Gasteiger partial charge in [-0.1, -0.05) is 19.8 Å². The summed E-state index contributed by atoms with van der Waals surface area (Å²) in [5, 5.41) is 8.75. The number of nitriles is 1. The topological polar surface area (TPSA) is 45.4 Å². The smallest absolute Gasteiger partial charge is 0.119 e. The molecule has 0 aliphatic rings. The summed E-state index contributed by atoms with van der Waals surface area (Å²) in [5.74, 6) is 0.895. The van der Waals surface area contributed by atoms with Crippen LogP contribution in [0.5, 0.6) is 5.75 Å². The Labute approximate surface area is 131 Å². The van der Waals surface area contributed by atoms with Crippen LogP contribution >= 0.6 is 0 Å². The molecule has 2 rings (SSSR count). The number of ether oxygens (including phenoxy) is 1. The zero-order valence-electron chi connectivity index (χ0n) is 12.8. The van der Waals surface area contributed by atoms with Gasteiger partial charge in [-0.2, -0.15) is 5.26 Å². The Kier molecular flexibility index (Phi) is 6.19. The van der Waals surface area contributed by atoms with E-state index in [1.54, 1.807) is 12.1 Å². The van der Waals surface area contributed by atoms with Gasteiger partial charge in [-0.05, 0) is 60.5 Å². The maximum atomic E-state index is 8.75. The molecule has 0 fully saturated rings. The summed E-state index contributed by atoms with van der Waals surface area (Å²) in [5.41, 5.74) is 2.49. The summed E-state index contributed by atoms with van der Waals surface area (Å²) in [6.07, 6.45) is 5.31. The number of unbranched alkanes of at least 4 members (excludes halogenated alkanes) is 2. The summed E-state index contributed by atoms with van der Waals surface area (Å²) in [7, 11) is 0. The monoisotopic (exact) mass is 292 g/mol. The molecule has 0 saturated carbocycles. The molecule has 0 atom stereocenters. The van der Waals surface area contributed by atoms with Crippen molar-refractivity contribution in [2.75, 3.05) is 6.61 Å². The lowest BCUT2D eigenvalue weighted by atomic mass is 10.2. The van der Waals surface area contributed by atoms with E-state index in [9.17, 15) is 0 Å². The van der Waals surface area contributed by atoms with Crippen LogP contribution in [-0.4, -0.2) is 12.8 Å². The molecule has 3 heteroatoms. The third-order valence-electron chi connectivity index (χ3n) is 3.26. The van der Waals surface area contributed by atoms with Gasteiger partial charge in [-0.15, -0.1) is 0 Å². The van der Waals surface area contributed by atoms with Crippen molar-refractivity contribution in [1.82, 2.24) is 0 Å². The van der Waals surface area contributed by atoms with E-state index in [-0.39, 0.29) is 0 Å². The molecule has 0 bridgehead atoms. The van der Waals surface area contributed by atoms with Crippen molar-refractivity contribution in [1.29, 1.82) is 5.26 Å². The summed E-state index contributed by atoms with van der Waals surface area (Å²) in [6.45, 7) is 2.95. The quantitative estimate of drug-likeness (QED) is 0.539. The van der Waals surface area contributed by atoms with Gasteiger partial charge in [0.05, 0.1) is 23.9 Å². The van der Waals surface area contributed by atoms with Gasteiger partial charge >= 0.3 is 0 Å². The van der Waals surface area contributed by atoms with E-state index in [1.807, 2.05) is 42.6 Å². The van der Waals surface area contributed by atoms with Gasteiger partial charge in [0.1, 0.15) is 5.75 Å². The maximum Gasteiger partial charge on any atom is 0.119 e. The molecule has 0 heterocycles. The molecule has 0 saturated heterocycles. The molecule has 112 valence electrons. The van der Waals surface area contributed by atoms with Gasteiger partial charge in [0.25, 0.3) is 0 Å². The number of hydrogen-bond donors (Lipinski definition) is 0. The highest BCUT2D eigenvalue weighted by Gasteiger charge is 1.95. The predicted octanol–water partition coefficient (Wildman–Crippen LogP) is 4.88. The first-order chi connectivity index (χ1) is 10.8. The average molecular weight is 292 g/mol. The van der Waals surface area contributed by atoms with Crippen LogP contribution in [0.15, 0.2) is 53.5 Å². The van der Waals surface area contributed by atoms with Crippen molar-refractivity contribution < 1.29 is 4.74 Å². The highest BCUT2D eigenvalue weighted by molar-refractivity contribution is 5.82. The third kappa shape index (κ3) is 5.06. The Morgan fingerprint density at radius 2 is 1.77 bits per heavy atom. The molecular weight excluding hydrogens is 272 g/mol. The summed E-state index contributed by atoms with van der Waals surface area (Å²) in [6, 6.07) is 17.2. The fourth-order valence-corrected chi connectivity index (χ4v) is 1.96. The van der Waals surface area contributed by atoms with Gasteiger partial charge < -0.3 is 4.74 Å². The van der Waals surface area contributed by atoms with Crippen LogP contribution in [0, 0.1) is 11.3 Å². The minimum atomic E-state index is 0.642. The average Bonchev–Trinajstić information content (AvgIpc) is 2.58. The Morgan fingerprint density at radius 3 is 2.41 bits per heavy atom. The van der Waals surface area contributed by atoms with E-state index in [1.165, 1.54) is 12.8 Å². The van der Waals surface area contributed by atoms with Gasteiger partial charge in [-0.3, -0.25) is 4.99 Å². The molecule has 0 aliphatic carbocycles. The van der Waals surface area contributed by atoms with Crippen LogP contribution in [0.2, 0.25) is 0 Å². The van der Waals surface area contributed by atoms with Crippen molar-refractivity contribution in [3.05, 3.63) is 59.7 Å². The molecule has 0 radical (unpaired) electrons. The van der Waals surface area contributed by atoms with Crippen LogP contribution in [0.25, 0.3) is 0 Å². The van der Waals surface area contributed by atoms with Crippen LogP contribution in [-0.2, 0) is 0 Å². The number of hydrogen-bond acceptors (Lipinski definition) is 3. The Bertz CT molecular complexity index is 637. The number of aliphatic imine (C=N–C) groups is 1. The molecule has 0 N–H and O–H groups in total. The Hall–Kier alpha value is -2.60. The summed E-state index contributed by atoms with van der Waals surface area (Å²) >= 11 is 0. The van der Waals surface area contributed by atoms with Crippen molar-refractivity contribution in [2.24, 2.45) is 4.99 Å². The van der Waals surface area contributed by atoms with Crippen LogP contribution in [0.4, 0.5) is 5.69 Å². The lowest BCUT2D eigenvalue weighted by Crippen LogP contribution is -1.96. The lowest BCUT2D eigenvalue weighted by Gasteiger charge is -2.05. The zero-order valence-corrected chi connectivity index (χ0v) is 12.8. The van der Waals surface area contributed by atoms with Gasteiger partial charge in [-0.25, -0.2) is 0 Å². The first-order valence-corrected chi connectivity index (χ1v) is 7.59. The first kappa shape index (κ1) is 15.8. The zero-order chi connectivity index (χ0) is 15.6. The highest BCUT2D eigenvalue weighted by Crippen LogP contribution is 2.15. The molecular formula is C19H20N2O. The van der Waals surface area contributed by atoms with Crippen LogP contribution in [0.1, 0.15) is 37.3 Å². The van der Waals surface area contributed by atoms with Crippen molar-refractivity contribution in [2.45, 2.75) is 26.2 Å². The lowest BCUT2D eigenvalue weighted by molar-refractivity contribution is 0.306. The van der Waals surface area contributed by atoms with E-state index in [0.717, 1.165) is 30.0 Å². The molecule has 0 aromatic heterocycles. The van der Waals surface area contributed by atoms with Gasteiger partial charge in [0, 0.05) is 6.21 Å². The minimum Gasteiger partial charge on any atom is -0.494 e. The number of nitrogens with zero attached hydrogens (tertiary/aromatic N) is 2. The third-order valence-corrected chi connectivity index (χ3v) is 3.26. The van der Waals surface area contributed by atoms with E-state index in [0.29, 0.717) is 5.56 Å². The van der Waals surface area contributed by atoms with Crippen LogP contribution < -0.4 is 4.74 Å². The molecule has 3 nitrogen and oxygen atoms in total. The Morgan fingerprint density at radius 1 is 1.05 bits per heavy atom. The molecule has 0 amide bonds. The molecule has 0 spiro atoms. The van der Waals surface area contributed by atoms with E-state index in [2.05, 4.69) is 18.0 Å². The fraction of sp³-hybridized carbons (Fsp3) is 0.263. The van der Waals surface area contributed by atoms with Crippen molar-refractivity contribution in [3.8, 4) is 11.8 Å². The standard InChI is InChI=1S/C19H20N2O/c1-2-3-4-13-22-19-11-7-17(8-12-19)15-21-18-9-5-16(14-20)6-10-18/h5-12,15H,2-4,13H2,1H3/b21-15+. The van der Waals surface area contributed by atoms with Gasteiger partial charge in [0.15, 0.2) is 0 Å². The van der Waals surface area contributed by atoms with Crippen molar-refractivity contribution in [3.63, 3.8) is 0 Å². The predicted molar refractivity (Wildman–Crippen MR) is 89.9 cm³/mol. The normalized spacial score (nSPS) is 10.5. The molecule has 22 heavy (non-hydrogen) atoms. The maximum absolute atomic E-state index is 8.75. The molecule has 0 unspecified atom stereocenters. The second kappa shape index (κ2) is 8.63. The highest BCUT2D eigenvalue weighted by atomic mass is 16.5. The fourth-order valence-electron chi connectivity index (χ4n) is 1.96. The van der Waals surface area contributed by atoms with E-state index >= 15 is 0 Å². The molecule has 2 aromatic carbocycles. The van der Waals surface area contributed by atoms with Crippen LogP contribution in [0.3, 0.4) is 0 Å². The SMILES string of the molecule is CCCCCOc1ccc(/C=N/c2ccc(C#N)cc2)cc1. The minimum absolute atomic E-state index is 0.642. The van der Waals surface area contributed by atoms with E-state index < -0.39 is 0 Å². The van der Waals surface area contributed by atoms with Crippen molar-refractivity contribution >= 4 is 11.9 Å². The molecule has 2 aromatic rings. The first-order valence-electron chi connectivity index (χ1n) is 7.59. The summed E-state index contributed by atoms with van der Waals surface area (Å²) in [4.78, 5) is 4.39. The van der Waals surface area contributed by atoms with Gasteiger partial charge in [0.2, 0.25) is 0 Å². The molecule has 0 aliphatic heterocycles. The number of rotatable bonds is 7. The Balaban J connectivity index is 1.90.